The van der Waals surface area contributed by atoms with Crippen molar-refractivity contribution in [3.8, 4) is 11.5 Å². The number of methoxy groups -OCH3 is 1. The Hall–Kier alpha value is -1.26. The second kappa shape index (κ2) is 7.95. The number of hydrogen-bond acceptors (Lipinski definition) is 4. The Kier molecular flexibility index (Phi) is 6.54. The third-order valence-corrected chi connectivity index (χ3v) is 2.54. The van der Waals surface area contributed by atoms with Crippen molar-refractivity contribution < 1.29 is 14.2 Å². The van der Waals surface area contributed by atoms with E-state index >= 15 is 0 Å². The van der Waals surface area contributed by atoms with Crippen molar-refractivity contribution in [1.29, 1.82) is 0 Å². The quantitative estimate of drug-likeness (QED) is 0.723. The van der Waals surface area contributed by atoms with Gasteiger partial charge in [-0.2, -0.15) is 0 Å². The number of benzene rings is 1. The molecule has 2 N–H and O–H groups in total. The topological polar surface area (TPSA) is 53.7 Å². The zero-order valence-electron chi connectivity index (χ0n) is 11.4. The molecule has 0 aliphatic carbocycles. The number of ether oxygens (including phenoxy) is 3. The van der Waals surface area contributed by atoms with E-state index in [0.717, 1.165) is 30.1 Å². The van der Waals surface area contributed by atoms with Gasteiger partial charge in [-0.3, -0.25) is 0 Å². The van der Waals surface area contributed by atoms with E-state index < -0.39 is 0 Å². The number of rotatable bonds is 8. The highest BCUT2D eigenvalue weighted by Crippen LogP contribution is 2.32. The first-order chi connectivity index (χ1) is 8.70. The fourth-order valence-corrected chi connectivity index (χ4v) is 1.73. The Balaban J connectivity index is 2.64. The minimum Gasteiger partial charge on any atom is -0.496 e. The highest BCUT2D eigenvalue weighted by molar-refractivity contribution is 5.46. The molecule has 0 aromatic heterocycles. The van der Waals surface area contributed by atoms with Crippen LogP contribution in [-0.2, 0) is 4.74 Å². The SMILES string of the molecule is CCCOCCOc1cccc(OC)c1[C@@H](C)N. The lowest BCUT2D eigenvalue weighted by molar-refractivity contribution is 0.100. The van der Waals surface area contributed by atoms with Crippen molar-refractivity contribution >= 4 is 0 Å². The Labute approximate surface area is 109 Å². The van der Waals surface area contributed by atoms with Crippen molar-refractivity contribution in [3.63, 3.8) is 0 Å². The van der Waals surface area contributed by atoms with Crippen LogP contribution in [0.15, 0.2) is 18.2 Å². The molecule has 0 aliphatic heterocycles. The summed E-state index contributed by atoms with van der Waals surface area (Å²) in [5, 5.41) is 0. The van der Waals surface area contributed by atoms with Gasteiger partial charge in [-0.25, -0.2) is 0 Å². The maximum absolute atomic E-state index is 5.95. The molecule has 1 atom stereocenters. The molecule has 1 aromatic carbocycles. The fraction of sp³-hybridized carbons (Fsp3) is 0.571. The molecule has 102 valence electrons. The fourth-order valence-electron chi connectivity index (χ4n) is 1.73. The zero-order chi connectivity index (χ0) is 13.4. The van der Waals surface area contributed by atoms with Crippen molar-refractivity contribution in [2.45, 2.75) is 26.3 Å². The summed E-state index contributed by atoms with van der Waals surface area (Å²) in [6, 6.07) is 5.56. The van der Waals surface area contributed by atoms with Crippen molar-refractivity contribution in [1.82, 2.24) is 0 Å². The van der Waals surface area contributed by atoms with E-state index in [4.69, 9.17) is 19.9 Å². The van der Waals surface area contributed by atoms with Crippen molar-refractivity contribution in [3.05, 3.63) is 23.8 Å². The lowest BCUT2D eigenvalue weighted by atomic mass is 10.1. The molecule has 0 radical (unpaired) electrons. The van der Waals surface area contributed by atoms with Crippen LogP contribution in [0.4, 0.5) is 0 Å². The molecular formula is C14H23NO3. The molecule has 4 heteroatoms. The molecule has 0 saturated carbocycles. The monoisotopic (exact) mass is 253 g/mol. The number of nitrogens with two attached hydrogens (primary N) is 1. The summed E-state index contributed by atoms with van der Waals surface area (Å²) in [6.45, 7) is 5.87. The summed E-state index contributed by atoms with van der Waals surface area (Å²) in [7, 11) is 1.63. The second-order valence-electron chi connectivity index (χ2n) is 4.12. The Bertz CT molecular complexity index is 353. The van der Waals surface area contributed by atoms with Crippen LogP contribution in [0.5, 0.6) is 11.5 Å². The molecule has 0 fully saturated rings. The van der Waals surface area contributed by atoms with Gasteiger partial charge in [0.1, 0.15) is 18.1 Å². The lowest BCUT2D eigenvalue weighted by Gasteiger charge is -2.17. The van der Waals surface area contributed by atoms with Crippen LogP contribution in [-0.4, -0.2) is 26.9 Å². The van der Waals surface area contributed by atoms with Gasteiger partial charge in [0.2, 0.25) is 0 Å². The van der Waals surface area contributed by atoms with E-state index in [2.05, 4.69) is 6.92 Å². The van der Waals surface area contributed by atoms with Gasteiger partial charge in [0.15, 0.2) is 0 Å². The van der Waals surface area contributed by atoms with Crippen LogP contribution < -0.4 is 15.2 Å². The highest BCUT2D eigenvalue weighted by Gasteiger charge is 2.13. The van der Waals surface area contributed by atoms with E-state index in [1.807, 2.05) is 25.1 Å². The van der Waals surface area contributed by atoms with Gasteiger partial charge >= 0.3 is 0 Å². The normalized spacial score (nSPS) is 12.2. The minimum absolute atomic E-state index is 0.132. The van der Waals surface area contributed by atoms with Crippen LogP contribution >= 0.6 is 0 Å². The second-order valence-corrected chi connectivity index (χ2v) is 4.12. The van der Waals surface area contributed by atoms with E-state index in [1.165, 1.54) is 0 Å². The first-order valence-corrected chi connectivity index (χ1v) is 6.33. The van der Waals surface area contributed by atoms with Crippen molar-refractivity contribution in [2.24, 2.45) is 5.73 Å². The molecule has 18 heavy (non-hydrogen) atoms. The Morgan fingerprint density at radius 3 is 2.50 bits per heavy atom. The molecule has 0 spiro atoms. The Morgan fingerprint density at radius 1 is 1.17 bits per heavy atom. The molecule has 0 saturated heterocycles. The summed E-state index contributed by atoms with van der Waals surface area (Å²) >= 11 is 0. The van der Waals surface area contributed by atoms with Crippen LogP contribution in [0, 0.1) is 0 Å². The average molecular weight is 253 g/mol. The standard InChI is InChI=1S/C14H23NO3/c1-4-8-17-9-10-18-13-7-5-6-12(16-3)14(13)11(2)15/h5-7,11H,4,8-10,15H2,1-3H3/t11-/m1/s1. The average Bonchev–Trinajstić information content (AvgIpc) is 2.37. The maximum atomic E-state index is 5.95. The van der Waals surface area contributed by atoms with Gasteiger partial charge in [0.05, 0.1) is 19.3 Å². The summed E-state index contributed by atoms with van der Waals surface area (Å²) in [4.78, 5) is 0. The van der Waals surface area contributed by atoms with Gasteiger partial charge in [0, 0.05) is 12.6 Å². The smallest absolute Gasteiger partial charge is 0.127 e. The maximum Gasteiger partial charge on any atom is 0.127 e. The van der Waals surface area contributed by atoms with E-state index in [9.17, 15) is 0 Å². The van der Waals surface area contributed by atoms with Gasteiger partial charge in [-0.05, 0) is 25.5 Å². The lowest BCUT2D eigenvalue weighted by Crippen LogP contribution is -2.12. The molecule has 0 bridgehead atoms. The van der Waals surface area contributed by atoms with E-state index in [1.54, 1.807) is 7.11 Å². The number of hydrogen-bond donors (Lipinski definition) is 1. The largest absolute Gasteiger partial charge is 0.496 e. The third kappa shape index (κ3) is 4.20. The van der Waals surface area contributed by atoms with E-state index in [-0.39, 0.29) is 6.04 Å². The molecule has 1 aromatic rings. The van der Waals surface area contributed by atoms with Gasteiger partial charge in [-0.1, -0.05) is 13.0 Å². The van der Waals surface area contributed by atoms with Crippen molar-refractivity contribution in [2.75, 3.05) is 26.9 Å². The molecule has 0 unspecified atom stereocenters. The summed E-state index contributed by atoms with van der Waals surface area (Å²) in [6.07, 6.45) is 1.02. The molecule has 1 rings (SSSR count). The first kappa shape index (κ1) is 14.8. The van der Waals surface area contributed by atoms with Crippen LogP contribution in [0.2, 0.25) is 0 Å². The molecule has 0 aliphatic rings. The molecular weight excluding hydrogens is 230 g/mol. The first-order valence-electron chi connectivity index (χ1n) is 6.33. The summed E-state index contributed by atoms with van der Waals surface area (Å²) in [5.74, 6) is 1.53. The predicted molar refractivity (Wildman–Crippen MR) is 72.2 cm³/mol. The van der Waals surface area contributed by atoms with Gasteiger partial charge in [0.25, 0.3) is 0 Å². The molecule has 0 amide bonds. The van der Waals surface area contributed by atoms with Gasteiger partial charge in [-0.15, -0.1) is 0 Å². The summed E-state index contributed by atoms with van der Waals surface area (Å²) in [5.41, 5.74) is 6.85. The highest BCUT2D eigenvalue weighted by atomic mass is 16.5. The zero-order valence-corrected chi connectivity index (χ0v) is 11.4. The van der Waals surface area contributed by atoms with Crippen LogP contribution in [0.1, 0.15) is 31.9 Å². The van der Waals surface area contributed by atoms with E-state index in [0.29, 0.717) is 13.2 Å². The minimum atomic E-state index is -0.132. The summed E-state index contributed by atoms with van der Waals surface area (Å²) < 4.78 is 16.4. The third-order valence-electron chi connectivity index (χ3n) is 2.54. The van der Waals surface area contributed by atoms with Crippen LogP contribution in [0.25, 0.3) is 0 Å². The predicted octanol–water partition coefficient (Wildman–Crippen LogP) is 2.52. The van der Waals surface area contributed by atoms with Crippen LogP contribution in [0.3, 0.4) is 0 Å². The molecule has 0 heterocycles. The Morgan fingerprint density at radius 2 is 1.89 bits per heavy atom. The van der Waals surface area contributed by atoms with Gasteiger partial charge < -0.3 is 19.9 Å². The molecule has 4 nitrogen and oxygen atoms in total.